The maximum Gasteiger partial charge on any atom is 0.416 e. The van der Waals surface area contributed by atoms with Gasteiger partial charge in [0.2, 0.25) is 5.91 Å². The summed E-state index contributed by atoms with van der Waals surface area (Å²) >= 11 is 0. The molecule has 0 radical (unpaired) electrons. The Morgan fingerprint density at radius 2 is 1.80 bits per heavy atom. The van der Waals surface area contributed by atoms with E-state index in [0.717, 1.165) is 0 Å². The van der Waals surface area contributed by atoms with Crippen molar-refractivity contribution in [2.45, 2.75) is 33.0 Å². The molecule has 0 aliphatic rings. The van der Waals surface area contributed by atoms with Crippen LogP contribution in [0.2, 0.25) is 0 Å². The summed E-state index contributed by atoms with van der Waals surface area (Å²) in [5.41, 5.74) is 3.48. The van der Waals surface area contributed by atoms with Crippen LogP contribution in [-0.4, -0.2) is 11.9 Å². The lowest BCUT2D eigenvalue weighted by molar-refractivity contribution is -0.137. The van der Waals surface area contributed by atoms with Gasteiger partial charge in [-0.15, -0.1) is 0 Å². The topological polar surface area (TPSA) is 55.1 Å². The molecule has 7 heteroatoms. The molecule has 0 spiro atoms. The molecule has 20 heavy (non-hydrogen) atoms. The summed E-state index contributed by atoms with van der Waals surface area (Å²) in [4.78, 5) is 11.8. The molecule has 1 aromatic rings. The van der Waals surface area contributed by atoms with E-state index in [1.807, 2.05) is 0 Å². The van der Waals surface area contributed by atoms with Crippen LogP contribution >= 0.6 is 0 Å². The molecule has 1 aromatic carbocycles. The van der Waals surface area contributed by atoms with Crippen LogP contribution in [0.4, 0.5) is 23.2 Å². The number of carbonyl (C=O) groups is 1. The highest BCUT2D eigenvalue weighted by Gasteiger charge is 2.32. The molecule has 0 saturated carbocycles. The number of anilines is 1. The molecule has 1 atom stereocenters. The van der Waals surface area contributed by atoms with E-state index in [1.165, 1.54) is 0 Å². The van der Waals surface area contributed by atoms with Crippen LogP contribution in [0.3, 0.4) is 0 Å². The number of rotatable bonds is 2. The average molecular weight is 292 g/mol. The molecule has 0 saturated heterocycles. The molecule has 112 valence electrons. The summed E-state index contributed by atoms with van der Waals surface area (Å²) in [6, 6.07) is 0.828. The third-order valence-electron chi connectivity index (χ3n) is 2.77. The Labute approximate surface area is 114 Å². The molecular formula is C13H16F4N2O. The van der Waals surface area contributed by atoms with E-state index < -0.39 is 40.6 Å². The van der Waals surface area contributed by atoms with Gasteiger partial charge in [0.1, 0.15) is 5.82 Å². The zero-order chi connectivity index (χ0) is 15.7. The van der Waals surface area contributed by atoms with Crippen LogP contribution in [0.1, 0.15) is 26.3 Å². The van der Waals surface area contributed by atoms with Gasteiger partial charge in [-0.2, -0.15) is 13.2 Å². The van der Waals surface area contributed by atoms with Gasteiger partial charge >= 0.3 is 6.18 Å². The number of hydrogen-bond acceptors (Lipinski definition) is 2. The SMILES string of the molecule is CC(C)(C)C(N)C(=O)Nc1cc(C(F)(F)F)ccc1F. The molecular weight excluding hydrogens is 276 g/mol. The monoisotopic (exact) mass is 292 g/mol. The molecule has 1 rings (SSSR count). The van der Waals surface area contributed by atoms with Crippen LogP contribution in [-0.2, 0) is 11.0 Å². The van der Waals surface area contributed by atoms with Crippen LogP contribution in [0.15, 0.2) is 18.2 Å². The summed E-state index contributed by atoms with van der Waals surface area (Å²) in [5.74, 6) is -1.69. The molecule has 0 fully saturated rings. The molecule has 0 bridgehead atoms. The molecule has 1 unspecified atom stereocenters. The van der Waals surface area contributed by atoms with Gasteiger partial charge in [-0.1, -0.05) is 20.8 Å². The summed E-state index contributed by atoms with van der Waals surface area (Å²) in [5, 5.41) is 2.09. The van der Waals surface area contributed by atoms with Crippen molar-refractivity contribution in [2.24, 2.45) is 11.1 Å². The zero-order valence-corrected chi connectivity index (χ0v) is 11.3. The van der Waals surface area contributed by atoms with Gasteiger partial charge in [0.05, 0.1) is 17.3 Å². The fraction of sp³-hybridized carbons (Fsp3) is 0.462. The number of halogens is 4. The van der Waals surface area contributed by atoms with Crippen molar-refractivity contribution in [1.82, 2.24) is 0 Å². The minimum Gasteiger partial charge on any atom is -0.322 e. The first kappa shape index (κ1) is 16.4. The van der Waals surface area contributed by atoms with Crippen LogP contribution < -0.4 is 11.1 Å². The largest absolute Gasteiger partial charge is 0.416 e. The number of alkyl halides is 3. The maximum absolute atomic E-state index is 13.5. The van der Waals surface area contributed by atoms with Gasteiger partial charge in [-0.25, -0.2) is 4.39 Å². The number of hydrogen-bond donors (Lipinski definition) is 2. The highest BCUT2D eigenvalue weighted by Crippen LogP contribution is 2.32. The van der Waals surface area contributed by atoms with E-state index in [1.54, 1.807) is 20.8 Å². The van der Waals surface area contributed by atoms with E-state index >= 15 is 0 Å². The third-order valence-corrected chi connectivity index (χ3v) is 2.77. The van der Waals surface area contributed by atoms with E-state index in [4.69, 9.17) is 5.73 Å². The Morgan fingerprint density at radius 3 is 2.25 bits per heavy atom. The van der Waals surface area contributed by atoms with Gasteiger partial charge in [0.15, 0.2) is 0 Å². The Bertz CT molecular complexity index is 506. The summed E-state index contributed by atoms with van der Waals surface area (Å²) < 4.78 is 51.0. The molecule has 0 heterocycles. The number of nitrogens with one attached hydrogen (secondary N) is 1. The standard InChI is InChI=1S/C13H16F4N2O/c1-12(2,3)10(18)11(20)19-9-6-7(13(15,16)17)4-5-8(9)14/h4-6,10H,18H2,1-3H3,(H,19,20). The number of carbonyl (C=O) groups excluding carboxylic acids is 1. The van der Waals surface area contributed by atoms with E-state index in [2.05, 4.69) is 5.32 Å². The molecule has 0 aliphatic heterocycles. The summed E-state index contributed by atoms with van der Waals surface area (Å²) in [6.07, 6.45) is -4.61. The van der Waals surface area contributed by atoms with Crippen molar-refractivity contribution in [2.75, 3.05) is 5.32 Å². The molecule has 3 N–H and O–H groups in total. The second-order valence-corrected chi connectivity index (χ2v) is 5.53. The van der Waals surface area contributed by atoms with Crippen LogP contribution in [0.25, 0.3) is 0 Å². The molecule has 0 aliphatic carbocycles. The lowest BCUT2D eigenvalue weighted by Gasteiger charge is -2.26. The number of benzene rings is 1. The highest BCUT2D eigenvalue weighted by molar-refractivity contribution is 5.95. The first-order chi connectivity index (χ1) is 8.93. The van der Waals surface area contributed by atoms with Gasteiger partial charge in [-0.3, -0.25) is 4.79 Å². The van der Waals surface area contributed by atoms with E-state index in [9.17, 15) is 22.4 Å². The smallest absolute Gasteiger partial charge is 0.322 e. The van der Waals surface area contributed by atoms with Gasteiger partial charge < -0.3 is 11.1 Å². The zero-order valence-electron chi connectivity index (χ0n) is 11.3. The lowest BCUT2D eigenvalue weighted by Crippen LogP contribution is -2.45. The lowest BCUT2D eigenvalue weighted by atomic mass is 9.87. The minimum absolute atomic E-state index is 0.537. The summed E-state index contributed by atoms with van der Waals surface area (Å²) in [7, 11) is 0. The van der Waals surface area contributed by atoms with E-state index in [0.29, 0.717) is 18.2 Å². The summed E-state index contributed by atoms with van der Waals surface area (Å²) in [6.45, 7) is 5.08. The predicted octanol–water partition coefficient (Wildman–Crippen LogP) is 3.16. The first-order valence-electron chi connectivity index (χ1n) is 5.86. The third kappa shape index (κ3) is 3.93. The highest BCUT2D eigenvalue weighted by atomic mass is 19.4. The van der Waals surface area contributed by atoms with Crippen LogP contribution in [0.5, 0.6) is 0 Å². The first-order valence-corrected chi connectivity index (χ1v) is 5.86. The predicted molar refractivity (Wildman–Crippen MR) is 67.5 cm³/mol. The van der Waals surface area contributed by atoms with Gasteiger partial charge in [-0.05, 0) is 23.6 Å². The van der Waals surface area contributed by atoms with Crippen molar-refractivity contribution in [3.05, 3.63) is 29.6 Å². The van der Waals surface area contributed by atoms with Crippen molar-refractivity contribution < 1.29 is 22.4 Å². The molecule has 3 nitrogen and oxygen atoms in total. The van der Waals surface area contributed by atoms with Crippen LogP contribution in [0, 0.1) is 11.2 Å². The van der Waals surface area contributed by atoms with Gasteiger partial charge in [0.25, 0.3) is 0 Å². The van der Waals surface area contributed by atoms with E-state index in [-0.39, 0.29) is 0 Å². The van der Waals surface area contributed by atoms with Gasteiger partial charge in [0, 0.05) is 0 Å². The Hall–Kier alpha value is -1.63. The van der Waals surface area contributed by atoms with Crippen molar-refractivity contribution in [1.29, 1.82) is 0 Å². The normalized spacial score (nSPS) is 14.0. The fourth-order valence-corrected chi connectivity index (χ4v) is 1.40. The maximum atomic E-state index is 13.5. The second kappa shape index (κ2) is 5.40. The fourth-order valence-electron chi connectivity index (χ4n) is 1.40. The quantitative estimate of drug-likeness (QED) is 0.823. The Balaban J connectivity index is 3.01. The Morgan fingerprint density at radius 1 is 1.25 bits per heavy atom. The van der Waals surface area contributed by atoms with Crippen molar-refractivity contribution in [3.8, 4) is 0 Å². The van der Waals surface area contributed by atoms with Crippen molar-refractivity contribution >= 4 is 11.6 Å². The molecule has 0 aromatic heterocycles. The Kier molecular flexibility index (Phi) is 4.43. The number of nitrogens with two attached hydrogens (primary N) is 1. The second-order valence-electron chi connectivity index (χ2n) is 5.53. The minimum atomic E-state index is -4.61. The average Bonchev–Trinajstić information content (AvgIpc) is 2.28. The van der Waals surface area contributed by atoms with Crippen molar-refractivity contribution in [3.63, 3.8) is 0 Å². The number of amides is 1. The molecule has 1 amide bonds.